The topological polar surface area (TPSA) is 4.93 Å². The number of fused-ring (bicyclic) bond motifs is 10. The summed E-state index contributed by atoms with van der Waals surface area (Å²) < 4.78 is 2.45. The Morgan fingerprint density at radius 1 is 0.432 bits per heavy atom. The maximum atomic E-state index is 2.45. The van der Waals surface area contributed by atoms with E-state index in [2.05, 4.69) is 133 Å². The molecule has 1 aromatic heterocycles. The van der Waals surface area contributed by atoms with Gasteiger partial charge in [0.15, 0.2) is 0 Å². The van der Waals surface area contributed by atoms with Gasteiger partial charge in [-0.05, 0) is 85.4 Å². The van der Waals surface area contributed by atoms with Crippen LogP contribution < -0.4 is 0 Å². The Bertz CT molecular complexity index is 2170. The molecule has 1 nitrogen and oxygen atoms in total. The van der Waals surface area contributed by atoms with E-state index in [4.69, 9.17) is 0 Å². The summed E-state index contributed by atoms with van der Waals surface area (Å²) in [5, 5.41) is 13.1. The maximum absolute atomic E-state index is 2.45. The van der Waals surface area contributed by atoms with Crippen molar-refractivity contribution in [3.05, 3.63) is 121 Å². The molecule has 0 aliphatic carbocycles. The molecule has 7 aromatic carbocycles. The largest absolute Gasteiger partial charge is 0.341 e. The Balaban J connectivity index is 1.52. The molecule has 8 aromatic rings. The van der Waals surface area contributed by atoms with Crippen LogP contribution >= 0.6 is 0 Å². The SMILES string of the molecule is CCn1c2ccccc2c2cc3c4ccc(-c5cccc6ccccc56)cc4c4ccccc4c3cc21. The van der Waals surface area contributed by atoms with Crippen LogP contribution in [0.2, 0.25) is 0 Å². The second-order valence-corrected chi connectivity index (χ2v) is 10.0. The molecule has 1 heterocycles. The zero-order valence-corrected chi connectivity index (χ0v) is 20.7. The van der Waals surface area contributed by atoms with Crippen molar-refractivity contribution in [2.45, 2.75) is 13.5 Å². The third-order valence-electron chi connectivity index (χ3n) is 8.15. The van der Waals surface area contributed by atoms with Gasteiger partial charge in [0.1, 0.15) is 0 Å². The van der Waals surface area contributed by atoms with Gasteiger partial charge in [-0.25, -0.2) is 0 Å². The van der Waals surface area contributed by atoms with Gasteiger partial charge in [0.05, 0.1) is 0 Å². The first-order valence-electron chi connectivity index (χ1n) is 13.1. The summed E-state index contributed by atoms with van der Waals surface area (Å²) in [6.45, 7) is 3.19. The summed E-state index contributed by atoms with van der Waals surface area (Å²) in [5.41, 5.74) is 5.17. The highest BCUT2D eigenvalue weighted by molar-refractivity contribution is 6.29. The van der Waals surface area contributed by atoms with E-state index < -0.39 is 0 Å². The molecule has 0 unspecified atom stereocenters. The Labute approximate surface area is 215 Å². The number of rotatable bonds is 2. The van der Waals surface area contributed by atoms with Gasteiger partial charge in [0.2, 0.25) is 0 Å². The molecule has 0 aliphatic heterocycles. The van der Waals surface area contributed by atoms with Crippen molar-refractivity contribution in [2.75, 3.05) is 0 Å². The van der Waals surface area contributed by atoms with E-state index in [1.165, 1.54) is 76.0 Å². The molecule has 1 heteroatoms. The van der Waals surface area contributed by atoms with Gasteiger partial charge in [-0.2, -0.15) is 0 Å². The fraction of sp³-hybridized carbons (Fsp3) is 0.0556. The maximum Gasteiger partial charge on any atom is 0.0497 e. The molecule has 0 saturated heterocycles. The third kappa shape index (κ3) is 2.86. The first-order valence-corrected chi connectivity index (χ1v) is 13.1. The third-order valence-corrected chi connectivity index (χ3v) is 8.15. The highest BCUT2D eigenvalue weighted by Gasteiger charge is 2.15. The number of aryl methyl sites for hydroxylation is 1. The minimum Gasteiger partial charge on any atom is -0.341 e. The van der Waals surface area contributed by atoms with Gasteiger partial charge >= 0.3 is 0 Å². The minimum atomic E-state index is 0.954. The van der Waals surface area contributed by atoms with Crippen LogP contribution in [0.4, 0.5) is 0 Å². The first-order chi connectivity index (χ1) is 18.3. The number of aromatic nitrogens is 1. The van der Waals surface area contributed by atoms with Crippen LogP contribution in [-0.4, -0.2) is 4.57 Å². The van der Waals surface area contributed by atoms with E-state index in [1.54, 1.807) is 0 Å². The summed E-state index contributed by atoms with van der Waals surface area (Å²) in [4.78, 5) is 0. The molecule has 0 bridgehead atoms. The Morgan fingerprint density at radius 3 is 1.86 bits per heavy atom. The van der Waals surface area contributed by atoms with E-state index in [1.807, 2.05) is 0 Å². The number of para-hydroxylation sites is 1. The fourth-order valence-electron chi connectivity index (χ4n) is 6.48. The summed E-state index contributed by atoms with van der Waals surface area (Å²) in [6.07, 6.45) is 0. The second-order valence-electron chi connectivity index (χ2n) is 10.0. The Kier molecular flexibility index (Phi) is 4.27. The summed E-state index contributed by atoms with van der Waals surface area (Å²) in [7, 11) is 0. The average Bonchev–Trinajstić information content (AvgIpc) is 3.28. The van der Waals surface area contributed by atoms with E-state index >= 15 is 0 Å². The quantitative estimate of drug-likeness (QED) is 0.221. The van der Waals surface area contributed by atoms with E-state index in [-0.39, 0.29) is 0 Å². The van der Waals surface area contributed by atoms with Gasteiger partial charge < -0.3 is 4.57 Å². The van der Waals surface area contributed by atoms with Crippen LogP contribution in [0.15, 0.2) is 121 Å². The summed E-state index contributed by atoms with van der Waals surface area (Å²) >= 11 is 0. The monoisotopic (exact) mass is 471 g/mol. The zero-order chi connectivity index (χ0) is 24.5. The van der Waals surface area contributed by atoms with E-state index in [9.17, 15) is 0 Å². The lowest BCUT2D eigenvalue weighted by atomic mass is 9.90. The molecular formula is C36H25N. The lowest BCUT2D eigenvalue weighted by molar-refractivity contribution is 0.827. The molecule has 174 valence electrons. The van der Waals surface area contributed by atoms with Crippen LogP contribution in [0.25, 0.3) is 76.0 Å². The zero-order valence-electron chi connectivity index (χ0n) is 20.7. The van der Waals surface area contributed by atoms with Crippen molar-refractivity contribution in [2.24, 2.45) is 0 Å². The summed E-state index contributed by atoms with van der Waals surface area (Å²) in [5.74, 6) is 0. The normalized spacial score (nSPS) is 12.0. The first kappa shape index (κ1) is 20.6. The van der Waals surface area contributed by atoms with E-state index in [0.717, 1.165) is 6.54 Å². The van der Waals surface area contributed by atoms with Gasteiger partial charge in [-0.15, -0.1) is 0 Å². The minimum absolute atomic E-state index is 0.954. The van der Waals surface area contributed by atoms with Gasteiger partial charge in [-0.3, -0.25) is 0 Å². The van der Waals surface area contributed by atoms with Crippen LogP contribution in [0.1, 0.15) is 6.92 Å². The molecule has 0 fully saturated rings. The molecular weight excluding hydrogens is 446 g/mol. The molecule has 8 rings (SSSR count). The van der Waals surface area contributed by atoms with Crippen LogP contribution in [0.3, 0.4) is 0 Å². The molecule has 0 N–H and O–H groups in total. The predicted molar refractivity (Wildman–Crippen MR) is 161 cm³/mol. The van der Waals surface area contributed by atoms with Crippen LogP contribution in [0, 0.1) is 0 Å². The number of hydrogen-bond donors (Lipinski definition) is 0. The standard InChI is InChI=1S/C36H25N/c1-2-37-35-17-8-7-15-30(35)34-21-32-29-19-18-24(26-16-9-11-23-10-3-4-12-25(23)26)20-31(29)27-13-5-6-14-28(27)33(32)22-36(34)37/h3-22H,2H2,1H3. The fourth-order valence-corrected chi connectivity index (χ4v) is 6.48. The summed E-state index contributed by atoms with van der Waals surface area (Å²) in [6, 6.07) is 44.9. The number of benzene rings is 7. The smallest absolute Gasteiger partial charge is 0.0497 e. The van der Waals surface area contributed by atoms with E-state index in [0.29, 0.717) is 0 Å². The van der Waals surface area contributed by atoms with Gasteiger partial charge in [-0.1, -0.05) is 97.1 Å². The van der Waals surface area contributed by atoms with Crippen LogP contribution in [-0.2, 0) is 6.54 Å². The van der Waals surface area contributed by atoms with Crippen molar-refractivity contribution in [1.82, 2.24) is 4.57 Å². The lowest BCUT2D eigenvalue weighted by Crippen LogP contribution is -1.93. The van der Waals surface area contributed by atoms with Crippen molar-refractivity contribution < 1.29 is 0 Å². The lowest BCUT2D eigenvalue weighted by Gasteiger charge is -2.14. The highest BCUT2D eigenvalue weighted by atomic mass is 15.0. The van der Waals surface area contributed by atoms with Crippen molar-refractivity contribution in [1.29, 1.82) is 0 Å². The number of nitrogens with zero attached hydrogens (tertiary/aromatic N) is 1. The molecule has 0 saturated carbocycles. The van der Waals surface area contributed by atoms with Crippen molar-refractivity contribution in [3.8, 4) is 11.1 Å². The molecule has 0 spiro atoms. The van der Waals surface area contributed by atoms with Gasteiger partial charge in [0, 0.05) is 28.4 Å². The van der Waals surface area contributed by atoms with Crippen LogP contribution in [0.5, 0.6) is 0 Å². The molecule has 0 radical (unpaired) electrons. The molecule has 0 amide bonds. The van der Waals surface area contributed by atoms with Gasteiger partial charge in [0.25, 0.3) is 0 Å². The molecule has 0 aliphatic rings. The molecule has 0 atom stereocenters. The predicted octanol–water partition coefficient (Wildman–Crippen LogP) is 10.1. The van der Waals surface area contributed by atoms with Crippen molar-refractivity contribution >= 4 is 64.9 Å². The number of hydrogen-bond acceptors (Lipinski definition) is 0. The van der Waals surface area contributed by atoms with Crippen molar-refractivity contribution in [3.63, 3.8) is 0 Å². The molecule has 37 heavy (non-hydrogen) atoms. The Morgan fingerprint density at radius 2 is 1.05 bits per heavy atom. The average molecular weight is 472 g/mol. The second kappa shape index (κ2) is 7.69. The Hall–Kier alpha value is -4.62. The highest BCUT2D eigenvalue weighted by Crippen LogP contribution is 2.41.